The van der Waals surface area contributed by atoms with Gasteiger partial charge in [-0.1, -0.05) is 81.5 Å². The highest BCUT2D eigenvalue weighted by Crippen LogP contribution is 2.22. The summed E-state index contributed by atoms with van der Waals surface area (Å²) < 4.78 is 0. The number of benzene rings is 2. The summed E-state index contributed by atoms with van der Waals surface area (Å²) in [7, 11) is -2.80. The van der Waals surface area contributed by atoms with Gasteiger partial charge in [0.15, 0.2) is 0 Å². The minimum absolute atomic E-state index is 1.08. The van der Waals surface area contributed by atoms with Gasteiger partial charge in [0.05, 0.1) is 0 Å². The van der Waals surface area contributed by atoms with E-state index in [1.54, 1.807) is 0 Å². The first kappa shape index (κ1) is 16.6. The van der Waals surface area contributed by atoms with Gasteiger partial charge in [-0.25, -0.2) is 0 Å². The third-order valence-electron chi connectivity index (χ3n) is 3.06. The molecule has 0 fully saturated rings. The van der Waals surface area contributed by atoms with Gasteiger partial charge in [-0.05, 0) is 16.8 Å². The predicted molar refractivity (Wildman–Crippen MR) is 104 cm³/mol. The predicted octanol–water partition coefficient (Wildman–Crippen LogP) is 5.30. The van der Waals surface area contributed by atoms with Gasteiger partial charge in [-0.3, -0.25) is 0 Å². The highest BCUT2D eigenvalue weighted by molar-refractivity contribution is 6.84. The van der Waals surface area contributed by atoms with Crippen molar-refractivity contribution >= 4 is 26.9 Å². The van der Waals surface area contributed by atoms with Crippen LogP contribution in [0.4, 0.5) is 0 Å². The molecule has 2 aromatic rings. The van der Waals surface area contributed by atoms with Crippen molar-refractivity contribution in [1.29, 1.82) is 0 Å². The summed E-state index contributed by atoms with van der Waals surface area (Å²) in [6.45, 7) is 13.6. The summed E-state index contributed by atoms with van der Waals surface area (Å²) in [4.78, 5) is 0. The topological polar surface area (TPSA) is 0 Å². The molecule has 0 saturated heterocycles. The first-order valence-electron chi connectivity index (χ1n) is 7.74. The van der Waals surface area contributed by atoms with Crippen LogP contribution in [0.3, 0.4) is 0 Å². The summed E-state index contributed by atoms with van der Waals surface area (Å²) in [5.41, 5.74) is 9.15. The third-order valence-corrected chi connectivity index (χ3v) is 4.81. The van der Waals surface area contributed by atoms with E-state index in [1.165, 1.54) is 10.8 Å². The van der Waals surface area contributed by atoms with Crippen molar-refractivity contribution in [3.63, 3.8) is 0 Å². The van der Waals surface area contributed by atoms with E-state index in [0.717, 1.165) is 11.1 Å². The zero-order chi connectivity index (χ0) is 16.4. The fraction of sp³-hybridized carbons (Fsp3) is 0.300. The minimum Gasteiger partial charge on any atom is -0.127 e. The minimum atomic E-state index is -1.41. The highest BCUT2D eigenvalue weighted by Gasteiger charge is 2.11. The van der Waals surface area contributed by atoms with E-state index in [-0.39, 0.29) is 0 Å². The summed E-state index contributed by atoms with van der Waals surface area (Å²) in [6, 6.07) is 12.7. The molecule has 0 amide bonds. The lowest BCUT2D eigenvalue weighted by atomic mass is 10.00. The molecule has 0 aliphatic rings. The zero-order valence-corrected chi connectivity index (χ0v) is 16.5. The van der Waals surface area contributed by atoms with E-state index in [9.17, 15) is 0 Å². The lowest BCUT2D eigenvalue weighted by Crippen LogP contribution is -2.17. The molecule has 22 heavy (non-hydrogen) atoms. The second-order valence-corrected chi connectivity index (χ2v) is 17.2. The third kappa shape index (κ3) is 4.63. The first-order chi connectivity index (χ1) is 10.2. The normalized spacial score (nSPS) is 11.4. The maximum absolute atomic E-state index is 3.50. The van der Waals surface area contributed by atoms with Crippen LogP contribution < -0.4 is 0 Å². The lowest BCUT2D eigenvalue weighted by Gasteiger charge is -2.08. The molecular formula is C20H24Si2. The molecule has 0 radical (unpaired) electrons. The molecule has 0 nitrogen and oxygen atoms in total. The Kier molecular flexibility index (Phi) is 4.66. The molecule has 0 aromatic heterocycles. The quantitative estimate of drug-likeness (QED) is 0.456. The van der Waals surface area contributed by atoms with Crippen LogP contribution >= 0.6 is 0 Å². The van der Waals surface area contributed by atoms with Crippen LogP contribution in [0.2, 0.25) is 39.3 Å². The fourth-order valence-electron chi connectivity index (χ4n) is 2.02. The molecule has 0 atom stereocenters. The molecule has 0 N–H and O–H groups in total. The van der Waals surface area contributed by atoms with E-state index < -0.39 is 16.1 Å². The van der Waals surface area contributed by atoms with Crippen LogP contribution in [0, 0.1) is 22.9 Å². The molecule has 2 rings (SSSR count). The Hall–Kier alpha value is -1.75. The van der Waals surface area contributed by atoms with Crippen LogP contribution in [-0.2, 0) is 0 Å². The summed E-state index contributed by atoms with van der Waals surface area (Å²) in [6.07, 6.45) is 0. The van der Waals surface area contributed by atoms with Gasteiger partial charge >= 0.3 is 0 Å². The molecule has 0 aliphatic heterocycles. The summed E-state index contributed by atoms with van der Waals surface area (Å²) in [5, 5.41) is 2.46. The Morgan fingerprint density at radius 1 is 0.682 bits per heavy atom. The van der Waals surface area contributed by atoms with Gasteiger partial charge in [-0.15, -0.1) is 11.1 Å². The van der Waals surface area contributed by atoms with Gasteiger partial charge in [0.25, 0.3) is 0 Å². The summed E-state index contributed by atoms with van der Waals surface area (Å²) in [5.74, 6) is 6.86. The van der Waals surface area contributed by atoms with E-state index in [0.29, 0.717) is 0 Å². The maximum Gasteiger partial charge on any atom is 0.129 e. The van der Waals surface area contributed by atoms with E-state index in [2.05, 4.69) is 98.6 Å². The Labute approximate surface area is 137 Å². The number of hydrogen-bond acceptors (Lipinski definition) is 0. The molecular weight excluding hydrogens is 296 g/mol. The van der Waals surface area contributed by atoms with E-state index in [1.807, 2.05) is 0 Å². The molecule has 0 saturated carbocycles. The second-order valence-electron chi connectivity index (χ2n) is 7.71. The standard InChI is InChI=1S/C20H24Si2/c1-21(2,3)15-13-18-12-11-17-9-7-8-10-19(17)20(18)14-16-22(4,5)6/h7-12H,1-6H3. The molecule has 0 spiro atoms. The Balaban J connectivity index is 2.70. The Bertz CT molecular complexity index is 810. The van der Waals surface area contributed by atoms with Crippen molar-refractivity contribution in [2.45, 2.75) is 39.3 Å². The van der Waals surface area contributed by atoms with Crippen LogP contribution in [-0.4, -0.2) is 16.1 Å². The van der Waals surface area contributed by atoms with Gasteiger partial charge in [0.2, 0.25) is 0 Å². The molecule has 0 heterocycles. The van der Waals surface area contributed by atoms with Crippen LogP contribution in [0.5, 0.6) is 0 Å². The number of rotatable bonds is 0. The maximum atomic E-state index is 3.50. The van der Waals surface area contributed by atoms with Gasteiger partial charge in [0.1, 0.15) is 16.1 Å². The number of fused-ring (bicyclic) bond motifs is 1. The van der Waals surface area contributed by atoms with E-state index >= 15 is 0 Å². The summed E-state index contributed by atoms with van der Waals surface area (Å²) >= 11 is 0. The molecule has 2 heteroatoms. The van der Waals surface area contributed by atoms with Crippen LogP contribution in [0.1, 0.15) is 11.1 Å². The van der Waals surface area contributed by atoms with Crippen molar-refractivity contribution in [2.24, 2.45) is 0 Å². The smallest absolute Gasteiger partial charge is 0.127 e. The molecule has 0 aliphatic carbocycles. The van der Waals surface area contributed by atoms with Crippen molar-refractivity contribution < 1.29 is 0 Å². The fourth-order valence-corrected chi connectivity index (χ4v) is 3.02. The van der Waals surface area contributed by atoms with Crippen LogP contribution in [0.25, 0.3) is 10.8 Å². The van der Waals surface area contributed by atoms with Crippen molar-refractivity contribution in [3.05, 3.63) is 47.5 Å². The zero-order valence-electron chi connectivity index (χ0n) is 14.5. The van der Waals surface area contributed by atoms with Crippen molar-refractivity contribution in [3.8, 4) is 22.9 Å². The Morgan fingerprint density at radius 2 is 1.27 bits per heavy atom. The largest absolute Gasteiger partial charge is 0.129 e. The highest BCUT2D eigenvalue weighted by atomic mass is 28.3. The lowest BCUT2D eigenvalue weighted by molar-refractivity contribution is 1.64. The Morgan fingerprint density at radius 3 is 1.91 bits per heavy atom. The van der Waals surface area contributed by atoms with Gasteiger partial charge in [-0.2, -0.15) is 0 Å². The molecule has 0 bridgehead atoms. The molecule has 2 aromatic carbocycles. The average Bonchev–Trinajstić information content (AvgIpc) is 2.41. The number of hydrogen-bond donors (Lipinski definition) is 0. The van der Waals surface area contributed by atoms with Gasteiger partial charge < -0.3 is 0 Å². The average molecular weight is 321 g/mol. The van der Waals surface area contributed by atoms with Crippen molar-refractivity contribution in [2.75, 3.05) is 0 Å². The van der Waals surface area contributed by atoms with Crippen molar-refractivity contribution in [1.82, 2.24) is 0 Å². The molecule has 0 unspecified atom stereocenters. The van der Waals surface area contributed by atoms with E-state index in [4.69, 9.17) is 0 Å². The van der Waals surface area contributed by atoms with Gasteiger partial charge in [0, 0.05) is 11.1 Å². The molecule has 112 valence electrons. The SMILES string of the molecule is C[Si](C)(C)C#Cc1ccc2ccccc2c1C#C[Si](C)(C)C. The monoisotopic (exact) mass is 320 g/mol. The second kappa shape index (κ2) is 6.17. The first-order valence-corrected chi connectivity index (χ1v) is 14.7. The van der Waals surface area contributed by atoms with Crippen LogP contribution in [0.15, 0.2) is 36.4 Å².